The molecule has 7 heteroatoms. The summed E-state index contributed by atoms with van der Waals surface area (Å²) in [4.78, 5) is 7.30. The van der Waals surface area contributed by atoms with Gasteiger partial charge in [0.15, 0.2) is 5.65 Å². The highest BCUT2D eigenvalue weighted by molar-refractivity contribution is 6.12. The van der Waals surface area contributed by atoms with E-state index in [2.05, 4.69) is 59.5 Å². The van der Waals surface area contributed by atoms with Crippen molar-refractivity contribution in [2.75, 3.05) is 18.0 Å². The fraction of sp³-hybridized carbons (Fsp3) is 0.207. The van der Waals surface area contributed by atoms with Crippen LogP contribution >= 0.6 is 0 Å². The van der Waals surface area contributed by atoms with Crippen LogP contribution in [0.15, 0.2) is 79.3 Å². The van der Waals surface area contributed by atoms with Crippen molar-refractivity contribution in [1.29, 1.82) is 5.41 Å². The minimum absolute atomic E-state index is 0.0623. The van der Waals surface area contributed by atoms with Gasteiger partial charge in [0.2, 0.25) is 0 Å². The number of hydrogen-bond donors (Lipinski definition) is 3. The van der Waals surface area contributed by atoms with E-state index in [1.807, 2.05) is 53.4 Å². The molecule has 3 heterocycles. The lowest BCUT2D eigenvalue weighted by Gasteiger charge is -2.41. The Bertz CT molecular complexity index is 1580. The second kappa shape index (κ2) is 8.77. The van der Waals surface area contributed by atoms with E-state index in [4.69, 9.17) is 16.1 Å². The van der Waals surface area contributed by atoms with Gasteiger partial charge in [0.25, 0.3) is 0 Å². The van der Waals surface area contributed by atoms with Crippen molar-refractivity contribution >= 4 is 27.9 Å². The number of nitrogens with zero attached hydrogens (tertiary/aromatic N) is 4. The van der Waals surface area contributed by atoms with Gasteiger partial charge in [-0.15, -0.1) is 0 Å². The summed E-state index contributed by atoms with van der Waals surface area (Å²) in [6.07, 6.45) is 5.80. The highest BCUT2D eigenvalue weighted by Crippen LogP contribution is 2.33. The van der Waals surface area contributed by atoms with Crippen LogP contribution in [0.1, 0.15) is 19.4 Å². The maximum Gasteiger partial charge on any atom is 0.162 e. The van der Waals surface area contributed by atoms with E-state index in [1.165, 1.54) is 5.69 Å². The Hall–Kier alpha value is -4.23. The van der Waals surface area contributed by atoms with Crippen molar-refractivity contribution in [3.8, 4) is 22.3 Å². The lowest BCUT2D eigenvalue weighted by atomic mass is 9.96. The number of hydrogen-bond acceptors (Lipinski definition) is 5. The van der Waals surface area contributed by atoms with Crippen molar-refractivity contribution in [3.63, 3.8) is 0 Å². The number of benzene rings is 3. The molecule has 3 aromatic carbocycles. The average Bonchev–Trinajstić information content (AvgIpc) is 3.31. The fourth-order valence-corrected chi connectivity index (χ4v) is 5.45. The van der Waals surface area contributed by atoms with Gasteiger partial charge < -0.3 is 16.0 Å². The molecule has 5 aromatic rings. The van der Waals surface area contributed by atoms with E-state index in [0.717, 1.165) is 57.3 Å². The first-order valence-electron chi connectivity index (χ1n) is 12.3. The number of nitrogens with two attached hydrogens (primary N) is 1. The Labute approximate surface area is 210 Å². The van der Waals surface area contributed by atoms with Gasteiger partial charge >= 0.3 is 0 Å². The second-order valence-electron chi connectivity index (χ2n) is 9.60. The van der Waals surface area contributed by atoms with Gasteiger partial charge in [-0.3, -0.25) is 5.41 Å². The van der Waals surface area contributed by atoms with Crippen molar-refractivity contribution in [2.24, 2.45) is 5.73 Å². The second-order valence-corrected chi connectivity index (χ2v) is 9.60. The molecule has 6 rings (SSSR count). The zero-order chi connectivity index (χ0) is 24.8. The lowest BCUT2D eigenvalue weighted by molar-refractivity contribution is 0.432. The van der Waals surface area contributed by atoms with Gasteiger partial charge in [0.05, 0.1) is 6.20 Å². The van der Waals surface area contributed by atoms with Crippen molar-refractivity contribution in [1.82, 2.24) is 19.9 Å². The van der Waals surface area contributed by atoms with E-state index < -0.39 is 0 Å². The van der Waals surface area contributed by atoms with Crippen LogP contribution in [-0.4, -0.2) is 45.6 Å². The quantitative estimate of drug-likeness (QED) is 0.259. The van der Waals surface area contributed by atoms with Crippen LogP contribution in [0.2, 0.25) is 0 Å². The topological polar surface area (TPSA) is 95.3 Å². The standard InChI is InChI=1S/C29H29N7/c1-18-13-32-14-19(2)36(18)22-9-7-20(8-10-22)21-15-33-29-27(16-34-35(29)17-21)25-11-12-26(28(30)31)24-6-4-3-5-23(24)25/h3-12,15-19,32H,13-14H2,1-2H3,(H3,30,31). The van der Waals surface area contributed by atoms with E-state index >= 15 is 0 Å². The summed E-state index contributed by atoms with van der Waals surface area (Å²) in [6, 6.07) is 21.6. The first kappa shape index (κ1) is 22.2. The molecule has 0 spiro atoms. The number of anilines is 1. The summed E-state index contributed by atoms with van der Waals surface area (Å²) in [5, 5.41) is 18.0. The molecule has 2 unspecified atom stereocenters. The summed E-state index contributed by atoms with van der Waals surface area (Å²) in [6.45, 7) is 6.53. The van der Waals surface area contributed by atoms with Gasteiger partial charge in [-0.05, 0) is 47.9 Å². The van der Waals surface area contributed by atoms with Gasteiger partial charge in [-0.1, -0.05) is 48.5 Å². The molecule has 4 N–H and O–H groups in total. The van der Waals surface area contributed by atoms with Gasteiger partial charge in [-0.25, -0.2) is 9.50 Å². The van der Waals surface area contributed by atoms with Gasteiger partial charge in [0.1, 0.15) is 5.84 Å². The van der Waals surface area contributed by atoms with Crippen LogP contribution < -0.4 is 16.0 Å². The summed E-state index contributed by atoms with van der Waals surface area (Å²) in [5.74, 6) is 0.0623. The third-order valence-electron chi connectivity index (χ3n) is 7.19. The van der Waals surface area contributed by atoms with Crippen molar-refractivity contribution in [2.45, 2.75) is 25.9 Å². The summed E-state index contributed by atoms with van der Waals surface area (Å²) < 4.78 is 1.84. The smallest absolute Gasteiger partial charge is 0.162 e. The monoisotopic (exact) mass is 475 g/mol. The molecule has 2 aromatic heterocycles. The molecule has 7 nitrogen and oxygen atoms in total. The normalized spacial score (nSPS) is 18.1. The molecular formula is C29H29N7. The fourth-order valence-electron chi connectivity index (χ4n) is 5.45. The van der Waals surface area contributed by atoms with Crippen LogP contribution in [-0.2, 0) is 0 Å². The Morgan fingerprint density at radius 3 is 2.33 bits per heavy atom. The number of nitrogen functional groups attached to an aromatic ring is 1. The summed E-state index contributed by atoms with van der Waals surface area (Å²) >= 11 is 0. The van der Waals surface area contributed by atoms with Crippen molar-refractivity contribution in [3.05, 3.63) is 84.8 Å². The molecule has 36 heavy (non-hydrogen) atoms. The predicted molar refractivity (Wildman–Crippen MR) is 147 cm³/mol. The predicted octanol–water partition coefficient (Wildman–Crippen LogP) is 4.69. The third kappa shape index (κ3) is 3.69. The zero-order valence-electron chi connectivity index (χ0n) is 20.4. The molecule has 0 saturated carbocycles. The largest absolute Gasteiger partial charge is 0.384 e. The molecule has 180 valence electrons. The highest BCUT2D eigenvalue weighted by atomic mass is 15.2. The minimum atomic E-state index is 0.0623. The SMILES string of the molecule is CC1CNCC(C)N1c1ccc(-c2cnc3c(-c4ccc(C(=N)N)c5ccccc45)cnn3c2)cc1. The van der Waals surface area contributed by atoms with Crippen molar-refractivity contribution < 1.29 is 0 Å². The maximum atomic E-state index is 7.93. The van der Waals surface area contributed by atoms with Crippen LogP contribution in [0.4, 0.5) is 5.69 Å². The van der Waals surface area contributed by atoms with Gasteiger partial charge in [0, 0.05) is 59.9 Å². The van der Waals surface area contributed by atoms with E-state index in [1.54, 1.807) is 0 Å². The molecule has 1 aliphatic rings. The lowest BCUT2D eigenvalue weighted by Crippen LogP contribution is -2.55. The molecular weight excluding hydrogens is 446 g/mol. The van der Waals surface area contributed by atoms with E-state index in [-0.39, 0.29) is 5.84 Å². The molecule has 0 aliphatic carbocycles. The minimum Gasteiger partial charge on any atom is -0.384 e. The summed E-state index contributed by atoms with van der Waals surface area (Å²) in [7, 11) is 0. The Kier molecular flexibility index (Phi) is 5.42. The van der Waals surface area contributed by atoms with Crippen LogP contribution in [0.5, 0.6) is 0 Å². The Morgan fingerprint density at radius 2 is 1.61 bits per heavy atom. The van der Waals surface area contributed by atoms with Crippen LogP contribution in [0.3, 0.4) is 0 Å². The number of piperazine rings is 1. The summed E-state index contributed by atoms with van der Waals surface area (Å²) in [5.41, 5.74) is 12.7. The van der Waals surface area contributed by atoms with Gasteiger partial charge in [-0.2, -0.15) is 5.10 Å². The molecule has 1 saturated heterocycles. The number of fused-ring (bicyclic) bond motifs is 2. The maximum absolute atomic E-state index is 7.93. The molecule has 0 radical (unpaired) electrons. The molecule has 1 fully saturated rings. The highest BCUT2D eigenvalue weighted by Gasteiger charge is 2.24. The first-order chi connectivity index (χ1) is 17.5. The third-order valence-corrected chi connectivity index (χ3v) is 7.19. The van der Waals surface area contributed by atoms with Crippen LogP contribution in [0, 0.1) is 5.41 Å². The number of nitrogens with one attached hydrogen (secondary N) is 2. The molecule has 1 aliphatic heterocycles. The Morgan fingerprint density at radius 1 is 0.889 bits per heavy atom. The molecule has 2 atom stereocenters. The number of aromatic nitrogens is 3. The Balaban J connectivity index is 1.36. The number of amidine groups is 1. The molecule has 0 bridgehead atoms. The first-order valence-corrected chi connectivity index (χ1v) is 12.3. The molecule has 0 amide bonds. The van der Waals surface area contributed by atoms with E-state index in [9.17, 15) is 0 Å². The van der Waals surface area contributed by atoms with Crippen LogP contribution in [0.25, 0.3) is 38.7 Å². The number of rotatable bonds is 4. The zero-order valence-corrected chi connectivity index (χ0v) is 20.4. The average molecular weight is 476 g/mol. The van der Waals surface area contributed by atoms with E-state index in [0.29, 0.717) is 12.1 Å².